The Labute approximate surface area is 130 Å². The van der Waals surface area contributed by atoms with E-state index in [-0.39, 0.29) is 0 Å². The van der Waals surface area contributed by atoms with Gasteiger partial charge in [0.05, 0.1) is 11.9 Å². The largest absolute Gasteiger partial charge is 0.381 e. The lowest BCUT2D eigenvalue weighted by Gasteiger charge is -2.31. The van der Waals surface area contributed by atoms with E-state index >= 15 is 0 Å². The van der Waals surface area contributed by atoms with E-state index in [9.17, 15) is 0 Å². The average molecular weight is 298 g/mol. The van der Waals surface area contributed by atoms with Gasteiger partial charge in [0.1, 0.15) is 0 Å². The van der Waals surface area contributed by atoms with Crippen LogP contribution in [0.4, 0.5) is 0 Å². The molecule has 1 N–H and O–H groups in total. The van der Waals surface area contributed by atoms with Crippen molar-refractivity contribution < 1.29 is 4.74 Å². The van der Waals surface area contributed by atoms with Crippen molar-refractivity contribution in [2.24, 2.45) is 0 Å². The van der Waals surface area contributed by atoms with Crippen LogP contribution in [0.2, 0.25) is 0 Å². The predicted octanol–water partition coefficient (Wildman–Crippen LogP) is 2.41. The zero-order chi connectivity index (χ0) is 14.8. The van der Waals surface area contributed by atoms with Crippen LogP contribution in [0.15, 0.2) is 30.6 Å². The van der Waals surface area contributed by atoms with Gasteiger partial charge >= 0.3 is 0 Å². The van der Waals surface area contributed by atoms with Gasteiger partial charge in [-0.3, -0.25) is 0 Å². The lowest BCUT2D eigenvalue weighted by Crippen LogP contribution is -2.38. The molecule has 5 heteroatoms. The third-order valence-electron chi connectivity index (χ3n) is 4.71. The Kier molecular flexibility index (Phi) is 3.91. The summed E-state index contributed by atoms with van der Waals surface area (Å²) in [4.78, 5) is 4.43. The fourth-order valence-electron chi connectivity index (χ4n) is 3.56. The highest BCUT2D eigenvalue weighted by Crippen LogP contribution is 2.31. The first-order valence-corrected chi connectivity index (χ1v) is 8.24. The lowest BCUT2D eigenvalue weighted by molar-refractivity contribution is 0.0741. The zero-order valence-corrected chi connectivity index (χ0v) is 12.7. The van der Waals surface area contributed by atoms with E-state index in [1.807, 2.05) is 35.3 Å². The Morgan fingerprint density at radius 1 is 1.18 bits per heavy atom. The molecule has 1 saturated heterocycles. The summed E-state index contributed by atoms with van der Waals surface area (Å²) in [5, 5.41) is 8.43. The molecule has 2 aliphatic rings. The van der Waals surface area contributed by atoms with Crippen LogP contribution in [0.25, 0.3) is 5.82 Å². The number of hydrogen-bond acceptors (Lipinski definition) is 4. The van der Waals surface area contributed by atoms with E-state index in [0.29, 0.717) is 12.1 Å². The fraction of sp³-hybridized carbons (Fsp3) is 0.529. The number of hydrogen-bond donors (Lipinski definition) is 1. The molecular weight excluding hydrogens is 276 g/mol. The Morgan fingerprint density at radius 3 is 2.91 bits per heavy atom. The standard InChI is InChI=1S/C17H22N4O/c1-2-9-18-17(6-1)21-16-5-3-4-15(14(16)12-19-21)20-13-7-10-22-11-8-13/h1-2,6,9,12-13,15,20H,3-5,7-8,10-11H2/t15-/m0/s1. The monoisotopic (exact) mass is 298 g/mol. The molecule has 0 spiro atoms. The molecule has 0 unspecified atom stereocenters. The van der Waals surface area contributed by atoms with Gasteiger partial charge in [0, 0.05) is 37.1 Å². The average Bonchev–Trinajstić information content (AvgIpc) is 3.02. The normalized spacial score (nSPS) is 22.5. The van der Waals surface area contributed by atoms with Crippen LogP contribution >= 0.6 is 0 Å². The number of nitrogens with zero attached hydrogens (tertiary/aromatic N) is 3. The molecule has 2 aromatic heterocycles. The Morgan fingerprint density at radius 2 is 2.09 bits per heavy atom. The number of fused-ring (bicyclic) bond motifs is 1. The van der Waals surface area contributed by atoms with Gasteiger partial charge in [0.2, 0.25) is 0 Å². The Balaban J connectivity index is 1.58. The van der Waals surface area contributed by atoms with Crippen molar-refractivity contribution in [2.75, 3.05) is 13.2 Å². The summed E-state index contributed by atoms with van der Waals surface area (Å²) in [6.45, 7) is 1.76. The van der Waals surface area contributed by atoms with E-state index in [1.54, 1.807) is 0 Å². The minimum atomic E-state index is 0.421. The minimum Gasteiger partial charge on any atom is -0.381 e. The second-order valence-corrected chi connectivity index (χ2v) is 6.14. The van der Waals surface area contributed by atoms with Crippen molar-refractivity contribution >= 4 is 0 Å². The van der Waals surface area contributed by atoms with Crippen molar-refractivity contribution in [2.45, 2.75) is 44.2 Å². The molecule has 0 saturated carbocycles. The van der Waals surface area contributed by atoms with Crippen LogP contribution in [0, 0.1) is 0 Å². The molecule has 116 valence electrons. The molecular formula is C17H22N4O. The van der Waals surface area contributed by atoms with Crippen LogP contribution in [-0.2, 0) is 11.2 Å². The molecule has 1 aliphatic heterocycles. The first-order valence-electron chi connectivity index (χ1n) is 8.24. The third kappa shape index (κ3) is 2.66. The first-order chi connectivity index (χ1) is 10.9. The summed E-state index contributed by atoms with van der Waals surface area (Å²) < 4.78 is 7.46. The smallest absolute Gasteiger partial charge is 0.153 e. The maximum Gasteiger partial charge on any atom is 0.153 e. The minimum absolute atomic E-state index is 0.421. The number of ether oxygens (including phenoxy) is 1. The van der Waals surface area contributed by atoms with Gasteiger partial charge in [-0.2, -0.15) is 5.10 Å². The number of nitrogens with one attached hydrogen (secondary N) is 1. The number of rotatable bonds is 3. The van der Waals surface area contributed by atoms with E-state index < -0.39 is 0 Å². The molecule has 5 nitrogen and oxygen atoms in total. The molecule has 0 amide bonds. The van der Waals surface area contributed by atoms with Crippen LogP contribution < -0.4 is 5.32 Å². The highest BCUT2D eigenvalue weighted by Gasteiger charge is 2.27. The molecule has 22 heavy (non-hydrogen) atoms. The van der Waals surface area contributed by atoms with Crippen LogP contribution in [0.5, 0.6) is 0 Å². The highest BCUT2D eigenvalue weighted by molar-refractivity contribution is 5.32. The molecule has 1 aliphatic carbocycles. The maximum atomic E-state index is 5.46. The number of aromatic nitrogens is 3. The summed E-state index contributed by atoms with van der Waals surface area (Å²) in [5.74, 6) is 0.912. The first kappa shape index (κ1) is 13.9. The summed E-state index contributed by atoms with van der Waals surface area (Å²) in [7, 11) is 0. The van der Waals surface area contributed by atoms with E-state index in [1.165, 1.54) is 24.1 Å². The Hall–Kier alpha value is -1.72. The van der Waals surface area contributed by atoms with Crippen molar-refractivity contribution in [1.29, 1.82) is 0 Å². The second kappa shape index (κ2) is 6.18. The van der Waals surface area contributed by atoms with Gasteiger partial charge in [-0.1, -0.05) is 6.07 Å². The van der Waals surface area contributed by atoms with Gasteiger partial charge < -0.3 is 10.1 Å². The summed E-state index contributed by atoms with van der Waals surface area (Å²) in [6, 6.07) is 6.96. The molecule has 2 aromatic rings. The topological polar surface area (TPSA) is 52.0 Å². The van der Waals surface area contributed by atoms with Gasteiger partial charge in [0.25, 0.3) is 0 Å². The summed E-state index contributed by atoms with van der Waals surface area (Å²) in [5.41, 5.74) is 2.66. The van der Waals surface area contributed by atoms with Gasteiger partial charge in [-0.15, -0.1) is 0 Å². The van der Waals surface area contributed by atoms with Crippen molar-refractivity contribution in [3.05, 3.63) is 41.9 Å². The molecule has 3 heterocycles. The maximum absolute atomic E-state index is 5.46. The quantitative estimate of drug-likeness (QED) is 0.945. The molecule has 1 fully saturated rings. The molecule has 0 bridgehead atoms. The van der Waals surface area contributed by atoms with Crippen molar-refractivity contribution in [3.63, 3.8) is 0 Å². The van der Waals surface area contributed by atoms with Crippen LogP contribution in [0.3, 0.4) is 0 Å². The van der Waals surface area contributed by atoms with Crippen LogP contribution in [0.1, 0.15) is 43.0 Å². The Bertz CT molecular complexity index is 619. The fourth-order valence-corrected chi connectivity index (χ4v) is 3.56. The van der Waals surface area contributed by atoms with E-state index in [0.717, 1.165) is 38.3 Å². The predicted molar refractivity (Wildman–Crippen MR) is 84.0 cm³/mol. The van der Waals surface area contributed by atoms with Gasteiger partial charge in [0.15, 0.2) is 5.82 Å². The molecule has 0 aromatic carbocycles. The van der Waals surface area contributed by atoms with Crippen molar-refractivity contribution in [1.82, 2.24) is 20.1 Å². The highest BCUT2D eigenvalue weighted by atomic mass is 16.5. The van der Waals surface area contributed by atoms with Crippen LogP contribution in [-0.4, -0.2) is 34.0 Å². The van der Waals surface area contributed by atoms with E-state index in [2.05, 4.69) is 15.4 Å². The summed E-state index contributed by atoms with van der Waals surface area (Å²) >= 11 is 0. The zero-order valence-electron chi connectivity index (χ0n) is 12.7. The van der Waals surface area contributed by atoms with Gasteiger partial charge in [-0.25, -0.2) is 9.67 Å². The molecule has 1 atom stereocenters. The van der Waals surface area contributed by atoms with E-state index in [4.69, 9.17) is 4.74 Å². The molecule has 4 rings (SSSR count). The molecule has 0 radical (unpaired) electrons. The van der Waals surface area contributed by atoms with Gasteiger partial charge in [-0.05, 0) is 44.2 Å². The lowest BCUT2D eigenvalue weighted by atomic mass is 9.91. The third-order valence-corrected chi connectivity index (χ3v) is 4.71. The SMILES string of the molecule is c1ccc(-n2ncc3c2CCC[C@@H]3NC2CCOCC2)nc1. The summed E-state index contributed by atoms with van der Waals surface area (Å²) in [6.07, 6.45) is 9.55. The second-order valence-electron chi connectivity index (χ2n) is 6.14. The number of pyridine rings is 1. The van der Waals surface area contributed by atoms with Crippen molar-refractivity contribution in [3.8, 4) is 5.82 Å².